The number of halogens is 1. The number of H-pyrrole nitrogens is 1. The van der Waals surface area contributed by atoms with Crippen LogP contribution < -0.4 is 5.32 Å². The van der Waals surface area contributed by atoms with Crippen LogP contribution in [0, 0.1) is 5.92 Å². The molecule has 3 rings (SSSR count). The molecule has 1 aliphatic rings. The Morgan fingerprint density at radius 1 is 1.50 bits per heavy atom. The minimum Gasteiger partial charge on any atom is -0.365 e. The van der Waals surface area contributed by atoms with E-state index in [0.29, 0.717) is 11.7 Å². The molecule has 1 aliphatic carbocycles. The first kappa shape index (κ1) is 11.7. The largest absolute Gasteiger partial charge is 0.365 e. The molecular weight excluding hydrogens is 250 g/mol. The van der Waals surface area contributed by atoms with Crippen molar-refractivity contribution in [3.05, 3.63) is 11.6 Å². The molecule has 0 aromatic carbocycles. The fraction of sp³-hybridized carbons (Fsp3) is 0.583. The summed E-state index contributed by atoms with van der Waals surface area (Å²) in [6.07, 6.45) is 6.62. The van der Waals surface area contributed by atoms with E-state index < -0.39 is 0 Å². The highest BCUT2D eigenvalue weighted by molar-refractivity contribution is 6.28. The molecule has 1 atom stereocenters. The third-order valence-corrected chi connectivity index (χ3v) is 3.58. The number of anilines is 1. The Morgan fingerprint density at radius 2 is 2.33 bits per heavy atom. The van der Waals surface area contributed by atoms with Gasteiger partial charge < -0.3 is 10.3 Å². The lowest BCUT2D eigenvalue weighted by atomic mass is 10.1. The van der Waals surface area contributed by atoms with Crippen LogP contribution in [0.3, 0.4) is 0 Å². The number of aromatic amines is 1. The van der Waals surface area contributed by atoms with Crippen LogP contribution >= 0.6 is 11.6 Å². The van der Waals surface area contributed by atoms with E-state index in [1.54, 1.807) is 6.33 Å². The van der Waals surface area contributed by atoms with Crippen molar-refractivity contribution in [1.82, 2.24) is 19.9 Å². The zero-order valence-electron chi connectivity index (χ0n) is 10.3. The smallest absolute Gasteiger partial charge is 0.226 e. The summed E-state index contributed by atoms with van der Waals surface area (Å²) >= 11 is 5.91. The maximum Gasteiger partial charge on any atom is 0.226 e. The minimum atomic E-state index is 0.235. The normalized spacial score (nSPS) is 17.0. The van der Waals surface area contributed by atoms with E-state index >= 15 is 0 Å². The van der Waals surface area contributed by atoms with Crippen LogP contribution in [0.5, 0.6) is 0 Å². The Labute approximate surface area is 110 Å². The minimum absolute atomic E-state index is 0.235. The highest BCUT2D eigenvalue weighted by atomic mass is 35.5. The molecule has 18 heavy (non-hydrogen) atoms. The topological polar surface area (TPSA) is 66.5 Å². The van der Waals surface area contributed by atoms with Crippen LogP contribution in [0.25, 0.3) is 11.2 Å². The summed E-state index contributed by atoms with van der Waals surface area (Å²) in [5.74, 6) is 1.65. The molecule has 5 nitrogen and oxygen atoms in total. The SMILES string of the molecule is CCC(CC1CC1)Nc1nc(Cl)nc2nc[nH]c12. The number of fused-ring (bicyclic) bond motifs is 1. The van der Waals surface area contributed by atoms with Crippen molar-refractivity contribution < 1.29 is 0 Å². The van der Waals surface area contributed by atoms with Gasteiger partial charge in [0.1, 0.15) is 5.52 Å². The molecule has 96 valence electrons. The van der Waals surface area contributed by atoms with Crippen LogP contribution in [-0.4, -0.2) is 26.0 Å². The van der Waals surface area contributed by atoms with Gasteiger partial charge in [-0.1, -0.05) is 19.8 Å². The predicted molar refractivity (Wildman–Crippen MR) is 71.7 cm³/mol. The van der Waals surface area contributed by atoms with Gasteiger partial charge in [-0.15, -0.1) is 0 Å². The van der Waals surface area contributed by atoms with Crippen molar-refractivity contribution in [1.29, 1.82) is 0 Å². The van der Waals surface area contributed by atoms with Gasteiger partial charge in [0.15, 0.2) is 11.5 Å². The first-order chi connectivity index (χ1) is 8.76. The van der Waals surface area contributed by atoms with E-state index in [-0.39, 0.29) is 5.28 Å². The molecule has 6 heteroatoms. The number of nitrogens with one attached hydrogen (secondary N) is 2. The second kappa shape index (κ2) is 4.72. The number of nitrogens with zero attached hydrogens (tertiary/aromatic N) is 3. The van der Waals surface area contributed by atoms with Crippen molar-refractivity contribution in [2.45, 2.75) is 38.6 Å². The Bertz CT molecular complexity index is 548. The lowest BCUT2D eigenvalue weighted by molar-refractivity contribution is 0.585. The van der Waals surface area contributed by atoms with Crippen molar-refractivity contribution in [2.75, 3.05) is 5.32 Å². The van der Waals surface area contributed by atoms with E-state index in [1.807, 2.05) is 0 Å². The molecule has 2 aromatic heterocycles. The van der Waals surface area contributed by atoms with E-state index in [2.05, 4.69) is 32.2 Å². The number of hydrogen-bond acceptors (Lipinski definition) is 4. The summed E-state index contributed by atoms with van der Waals surface area (Å²) in [6.45, 7) is 2.19. The van der Waals surface area contributed by atoms with E-state index in [9.17, 15) is 0 Å². The quantitative estimate of drug-likeness (QED) is 0.816. The molecule has 1 fully saturated rings. The first-order valence-corrected chi connectivity index (χ1v) is 6.77. The second-order valence-electron chi connectivity index (χ2n) is 4.87. The summed E-state index contributed by atoms with van der Waals surface area (Å²) in [7, 11) is 0. The Balaban J connectivity index is 1.85. The molecule has 0 aliphatic heterocycles. The molecule has 0 radical (unpaired) electrons. The number of rotatable bonds is 5. The van der Waals surface area contributed by atoms with Gasteiger partial charge >= 0.3 is 0 Å². The molecule has 1 saturated carbocycles. The Hall–Kier alpha value is -1.36. The molecule has 0 bridgehead atoms. The molecule has 0 spiro atoms. The summed E-state index contributed by atoms with van der Waals surface area (Å²) in [6, 6.07) is 0.440. The fourth-order valence-corrected chi connectivity index (χ4v) is 2.35. The van der Waals surface area contributed by atoms with Crippen LogP contribution in [0.15, 0.2) is 6.33 Å². The summed E-state index contributed by atoms with van der Waals surface area (Å²) in [5, 5.41) is 3.70. The number of hydrogen-bond donors (Lipinski definition) is 2. The third-order valence-electron chi connectivity index (χ3n) is 3.41. The van der Waals surface area contributed by atoms with Crippen LogP contribution in [-0.2, 0) is 0 Å². The first-order valence-electron chi connectivity index (χ1n) is 6.39. The molecule has 0 saturated heterocycles. The zero-order valence-corrected chi connectivity index (χ0v) is 11.0. The predicted octanol–water partition coefficient (Wildman–Crippen LogP) is 3.00. The van der Waals surface area contributed by atoms with Crippen LogP contribution in [0.2, 0.25) is 5.28 Å². The molecule has 0 amide bonds. The molecule has 1 unspecified atom stereocenters. The Morgan fingerprint density at radius 3 is 3.06 bits per heavy atom. The standard InChI is InChI=1S/C12H16ClN5/c1-2-8(5-7-3-4-7)16-11-9-10(15-6-14-9)17-12(13)18-11/h6-8H,2-5H2,1H3,(H2,14,15,16,17,18). The molecule has 2 N–H and O–H groups in total. The average Bonchev–Trinajstić information content (AvgIpc) is 3.03. The number of imidazole rings is 1. The van der Waals surface area contributed by atoms with Crippen molar-refractivity contribution in [2.24, 2.45) is 5.92 Å². The maximum atomic E-state index is 5.91. The van der Waals surface area contributed by atoms with Gasteiger partial charge in [0.05, 0.1) is 6.33 Å². The number of aromatic nitrogens is 4. The van der Waals surface area contributed by atoms with Gasteiger partial charge in [-0.2, -0.15) is 9.97 Å². The lowest BCUT2D eigenvalue weighted by Crippen LogP contribution is -2.20. The van der Waals surface area contributed by atoms with E-state index in [0.717, 1.165) is 23.7 Å². The van der Waals surface area contributed by atoms with Crippen LogP contribution in [0.4, 0.5) is 5.82 Å². The molecule has 2 aromatic rings. The molecular formula is C12H16ClN5. The van der Waals surface area contributed by atoms with Crippen molar-refractivity contribution in [3.63, 3.8) is 0 Å². The zero-order chi connectivity index (χ0) is 12.5. The van der Waals surface area contributed by atoms with Gasteiger partial charge in [0.2, 0.25) is 5.28 Å². The van der Waals surface area contributed by atoms with Gasteiger partial charge in [0.25, 0.3) is 0 Å². The fourth-order valence-electron chi connectivity index (χ4n) is 2.19. The Kier molecular flexibility index (Phi) is 3.07. The second-order valence-corrected chi connectivity index (χ2v) is 5.21. The maximum absolute atomic E-state index is 5.91. The van der Waals surface area contributed by atoms with Crippen molar-refractivity contribution >= 4 is 28.6 Å². The highest BCUT2D eigenvalue weighted by Crippen LogP contribution is 2.35. The van der Waals surface area contributed by atoms with E-state index in [4.69, 9.17) is 11.6 Å². The third kappa shape index (κ3) is 2.41. The monoisotopic (exact) mass is 265 g/mol. The average molecular weight is 266 g/mol. The van der Waals surface area contributed by atoms with E-state index in [1.165, 1.54) is 19.3 Å². The lowest BCUT2D eigenvalue weighted by Gasteiger charge is -2.17. The summed E-state index contributed by atoms with van der Waals surface area (Å²) in [5.41, 5.74) is 1.44. The van der Waals surface area contributed by atoms with Gasteiger partial charge in [-0.05, 0) is 30.4 Å². The van der Waals surface area contributed by atoms with Crippen molar-refractivity contribution in [3.8, 4) is 0 Å². The molecule has 2 heterocycles. The van der Waals surface area contributed by atoms with Gasteiger partial charge in [0, 0.05) is 6.04 Å². The van der Waals surface area contributed by atoms with Crippen LogP contribution in [0.1, 0.15) is 32.6 Å². The highest BCUT2D eigenvalue weighted by Gasteiger charge is 2.25. The van der Waals surface area contributed by atoms with Gasteiger partial charge in [-0.25, -0.2) is 4.98 Å². The summed E-state index contributed by atoms with van der Waals surface area (Å²) in [4.78, 5) is 15.5. The summed E-state index contributed by atoms with van der Waals surface area (Å²) < 4.78 is 0. The van der Waals surface area contributed by atoms with Gasteiger partial charge in [-0.3, -0.25) is 0 Å².